The quantitative estimate of drug-likeness (QED) is 0.0778. The fourth-order valence-corrected chi connectivity index (χ4v) is 7.45. The van der Waals surface area contributed by atoms with E-state index < -0.39 is 0 Å². The normalized spacial score (nSPS) is 10.9. The summed E-state index contributed by atoms with van der Waals surface area (Å²) in [4.78, 5) is 24.1. The lowest BCUT2D eigenvalue weighted by Gasteiger charge is -2.02. The summed E-state index contributed by atoms with van der Waals surface area (Å²) in [6, 6.07) is 58.0. The lowest BCUT2D eigenvalue weighted by atomic mass is 10.0. The maximum atomic E-state index is 12.1. The Kier molecular flexibility index (Phi) is 21.0. The van der Waals surface area contributed by atoms with Crippen LogP contribution in [0.15, 0.2) is 182 Å². The molecule has 0 bridgehead atoms. The van der Waals surface area contributed by atoms with Gasteiger partial charge in [0.05, 0.1) is 0 Å². The summed E-state index contributed by atoms with van der Waals surface area (Å²) in [7, 11) is 0. The number of hydrogen-bond donors (Lipinski definition) is 0. The van der Waals surface area contributed by atoms with Crippen LogP contribution < -0.4 is 0 Å². The molecule has 2 nitrogen and oxygen atoms in total. The maximum absolute atomic E-state index is 12.1. The molecular formula is C70H72O2. The van der Waals surface area contributed by atoms with E-state index in [0.717, 1.165) is 33.4 Å². The Morgan fingerprint density at radius 1 is 0.250 bits per heavy atom. The zero-order valence-electron chi connectivity index (χ0n) is 44.6. The molecule has 0 N–H and O–H groups in total. The summed E-state index contributed by atoms with van der Waals surface area (Å²) in [5.41, 5.74) is 23.7. The summed E-state index contributed by atoms with van der Waals surface area (Å²) in [6.45, 7) is 25.0. The Morgan fingerprint density at radius 2 is 0.583 bits per heavy atom. The smallest absolute Gasteiger partial charge is 0.185 e. The van der Waals surface area contributed by atoms with Gasteiger partial charge in [0, 0.05) is 11.1 Å². The van der Waals surface area contributed by atoms with E-state index in [1.54, 1.807) is 12.2 Å². The molecule has 0 amide bonds. The zero-order valence-corrected chi connectivity index (χ0v) is 44.6. The second-order valence-electron chi connectivity index (χ2n) is 19.0. The monoisotopic (exact) mass is 945 g/mol. The van der Waals surface area contributed by atoms with Crippen molar-refractivity contribution in [2.24, 2.45) is 0 Å². The first-order chi connectivity index (χ1) is 34.4. The average Bonchev–Trinajstić information content (AvgIpc) is 3.36. The van der Waals surface area contributed by atoms with Crippen LogP contribution in [0.4, 0.5) is 0 Å². The van der Waals surface area contributed by atoms with Gasteiger partial charge in [-0.15, -0.1) is 0 Å². The highest BCUT2D eigenvalue weighted by atomic mass is 16.1. The Balaban J connectivity index is 0.000000179. The minimum Gasteiger partial charge on any atom is -0.289 e. The average molecular weight is 945 g/mol. The highest BCUT2D eigenvalue weighted by molar-refractivity contribution is 6.07. The van der Waals surface area contributed by atoms with Crippen LogP contribution in [0.25, 0.3) is 36.5 Å². The molecule has 0 fully saturated rings. The predicted octanol–water partition coefficient (Wildman–Crippen LogP) is 18.6. The van der Waals surface area contributed by atoms with Crippen LogP contribution in [-0.4, -0.2) is 11.6 Å². The third-order valence-electron chi connectivity index (χ3n) is 12.5. The second kappa shape index (κ2) is 27.5. The molecule has 0 aliphatic rings. The molecule has 0 spiro atoms. The molecule has 0 aromatic heterocycles. The van der Waals surface area contributed by atoms with Gasteiger partial charge < -0.3 is 0 Å². The highest BCUT2D eigenvalue weighted by Gasteiger charge is 2.04. The van der Waals surface area contributed by atoms with Crippen molar-refractivity contribution in [3.63, 3.8) is 0 Å². The van der Waals surface area contributed by atoms with E-state index in [-0.39, 0.29) is 11.6 Å². The van der Waals surface area contributed by atoms with Gasteiger partial charge in [0.1, 0.15) is 0 Å². The zero-order chi connectivity index (χ0) is 52.2. The van der Waals surface area contributed by atoms with E-state index in [4.69, 9.17) is 0 Å². The van der Waals surface area contributed by atoms with E-state index in [2.05, 4.69) is 177 Å². The van der Waals surface area contributed by atoms with Crippen molar-refractivity contribution in [2.45, 2.75) is 83.1 Å². The van der Waals surface area contributed by atoms with Crippen molar-refractivity contribution < 1.29 is 9.59 Å². The van der Waals surface area contributed by atoms with Gasteiger partial charge in [0.15, 0.2) is 11.6 Å². The number of hydrogen-bond acceptors (Lipinski definition) is 2. The van der Waals surface area contributed by atoms with Gasteiger partial charge in [-0.25, -0.2) is 0 Å². The first-order valence-electron chi connectivity index (χ1n) is 24.8. The van der Waals surface area contributed by atoms with Crippen LogP contribution in [-0.2, 0) is 0 Å². The SMILES string of the molecule is Cc1ccc(C(=O)C=Cc2ccc(C)cc2C)cc1.Cc1ccc(C=CC(=O)c2ccc(C)c(C)c2)cc1.Cc1ccc(C=Cc2ccc(C)c(C)c2)cc1.Cc1ccc(C=Cc2ccc(C)cc2C)cc1. The number of carbonyl (C=O) groups is 2. The van der Waals surface area contributed by atoms with Gasteiger partial charge in [0.2, 0.25) is 0 Å². The first kappa shape index (κ1) is 55.0. The lowest BCUT2D eigenvalue weighted by molar-refractivity contribution is 0.103. The van der Waals surface area contributed by atoms with E-state index in [0.29, 0.717) is 0 Å². The minimum absolute atomic E-state index is 0.0416. The number of benzene rings is 8. The van der Waals surface area contributed by atoms with Crippen molar-refractivity contribution in [3.05, 3.63) is 293 Å². The first-order valence-corrected chi connectivity index (χ1v) is 24.8. The molecule has 0 saturated carbocycles. The van der Waals surface area contributed by atoms with E-state index in [9.17, 15) is 9.59 Å². The Morgan fingerprint density at radius 3 is 1.04 bits per heavy atom. The molecule has 364 valence electrons. The van der Waals surface area contributed by atoms with Crippen LogP contribution in [0.3, 0.4) is 0 Å². The van der Waals surface area contributed by atoms with Crippen LogP contribution in [0, 0.1) is 83.1 Å². The molecule has 0 radical (unpaired) electrons. The van der Waals surface area contributed by atoms with Crippen molar-refractivity contribution >= 4 is 48.0 Å². The van der Waals surface area contributed by atoms with Crippen LogP contribution >= 0.6 is 0 Å². The van der Waals surface area contributed by atoms with Crippen molar-refractivity contribution in [1.82, 2.24) is 0 Å². The van der Waals surface area contributed by atoms with Crippen LogP contribution in [0.2, 0.25) is 0 Å². The lowest BCUT2D eigenvalue weighted by Crippen LogP contribution is -1.95. The minimum atomic E-state index is 0.0416. The number of carbonyl (C=O) groups excluding carboxylic acids is 2. The molecule has 8 aromatic carbocycles. The van der Waals surface area contributed by atoms with Gasteiger partial charge in [0.25, 0.3) is 0 Å². The molecule has 0 aliphatic heterocycles. The number of aryl methyl sites for hydroxylation is 12. The number of allylic oxidation sites excluding steroid dienone is 2. The van der Waals surface area contributed by atoms with Crippen molar-refractivity contribution in [3.8, 4) is 0 Å². The summed E-state index contributed by atoms with van der Waals surface area (Å²) >= 11 is 0. The topological polar surface area (TPSA) is 34.1 Å². The summed E-state index contributed by atoms with van der Waals surface area (Å²) < 4.78 is 0. The van der Waals surface area contributed by atoms with E-state index in [1.165, 1.54) is 77.9 Å². The van der Waals surface area contributed by atoms with Gasteiger partial charge >= 0.3 is 0 Å². The molecular weight excluding hydrogens is 873 g/mol. The summed E-state index contributed by atoms with van der Waals surface area (Å²) in [6.07, 6.45) is 15.7. The fraction of sp³-hybridized carbons (Fsp3) is 0.171. The molecule has 0 atom stereocenters. The van der Waals surface area contributed by atoms with Gasteiger partial charge in [-0.3, -0.25) is 9.59 Å². The molecule has 2 heteroatoms. The fourth-order valence-electron chi connectivity index (χ4n) is 7.45. The maximum Gasteiger partial charge on any atom is 0.185 e. The summed E-state index contributed by atoms with van der Waals surface area (Å²) in [5, 5.41) is 0. The Labute approximate surface area is 431 Å². The van der Waals surface area contributed by atoms with Gasteiger partial charge in [-0.1, -0.05) is 234 Å². The van der Waals surface area contributed by atoms with Gasteiger partial charge in [-0.2, -0.15) is 0 Å². The highest BCUT2D eigenvalue weighted by Crippen LogP contribution is 2.18. The largest absolute Gasteiger partial charge is 0.289 e. The third kappa shape index (κ3) is 18.4. The number of ketones is 2. The standard InChI is InChI=1S/2C18H18O.2C17H18/c1-13-4-8-17(9-5-13)18(19)11-10-16-7-6-14(2)12-15(16)3;1-13-4-7-16(8-5-13)9-11-18(19)17-10-6-14(2)15(3)12-17;1-13-4-7-16(8-5-13)9-11-17-10-6-14(2)12-15(17)3;1-13-4-7-16(8-5-13)10-11-17-9-6-14(2)15(3)12-17/h2*4-12H,1-3H3;2*4-12H,1-3H3. The summed E-state index contributed by atoms with van der Waals surface area (Å²) in [5.74, 6) is 0.0867. The van der Waals surface area contributed by atoms with Crippen LogP contribution in [0.5, 0.6) is 0 Å². The molecule has 0 aliphatic carbocycles. The molecule has 8 aromatic rings. The molecule has 0 heterocycles. The Bertz CT molecular complexity index is 3170. The second-order valence-corrected chi connectivity index (χ2v) is 19.0. The molecule has 72 heavy (non-hydrogen) atoms. The molecule has 0 unspecified atom stereocenters. The third-order valence-corrected chi connectivity index (χ3v) is 12.5. The van der Waals surface area contributed by atoms with Crippen molar-refractivity contribution in [2.75, 3.05) is 0 Å². The van der Waals surface area contributed by atoms with E-state index >= 15 is 0 Å². The van der Waals surface area contributed by atoms with Crippen molar-refractivity contribution in [1.29, 1.82) is 0 Å². The molecule has 0 saturated heterocycles. The molecule has 8 rings (SSSR count). The van der Waals surface area contributed by atoms with Gasteiger partial charge in [-0.05, 0) is 168 Å². The van der Waals surface area contributed by atoms with Crippen LogP contribution in [0.1, 0.15) is 121 Å². The number of rotatable bonds is 10. The predicted molar refractivity (Wildman–Crippen MR) is 313 cm³/mol. The Hall–Kier alpha value is -7.94. The van der Waals surface area contributed by atoms with E-state index in [1.807, 2.05) is 113 Å².